The molecule has 1 aliphatic rings. The van der Waals surface area contributed by atoms with E-state index in [1.54, 1.807) is 9.80 Å². The van der Waals surface area contributed by atoms with Gasteiger partial charge in [0.05, 0.1) is 25.2 Å². The van der Waals surface area contributed by atoms with Crippen molar-refractivity contribution in [2.45, 2.75) is 12.8 Å². The normalized spacial score (nSPS) is 22.0. The summed E-state index contributed by atoms with van der Waals surface area (Å²) in [5.41, 5.74) is 1.12. The lowest BCUT2D eigenvalue weighted by molar-refractivity contribution is -1.00. The maximum absolute atomic E-state index is 6.24. The highest BCUT2D eigenvalue weighted by molar-refractivity contribution is 6.32. The Hall–Kier alpha value is -1.03. The zero-order valence-electron chi connectivity index (χ0n) is 13.0. The number of ether oxygens (including phenoxy) is 1. The first kappa shape index (κ1) is 16.3. The molecule has 1 aromatic carbocycles. The molecule has 2 N–H and O–H groups in total. The van der Waals surface area contributed by atoms with Crippen LogP contribution in [0.25, 0.3) is 0 Å². The van der Waals surface area contributed by atoms with Crippen LogP contribution in [0.1, 0.15) is 12.0 Å². The van der Waals surface area contributed by atoms with Gasteiger partial charge in [0.1, 0.15) is 31.9 Å². The molecule has 0 unspecified atom stereocenters. The zero-order chi connectivity index (χ0) is 15.1. The number of allylic oxidation sites excluding steroid dienone is 1. The van der Waals surface area contributed by atoms with Crippen molar-refractivity contribution in [3.05, 3.63) is 41.4 Å². The molecule has 0 bridgehead atoms. The number of benzene rings is 1. The number of hydrogen-bond acceptors (Lipinski definition) is 1. The minimum Gasteiger partial charge on any atom is -0.491 e. The molecule has 21 heavy (non-hydrogen) atoms. The maximum Gasteiger partial charge on any atom is 0.141 e. The maximum atomic E-state index is 6.24. The molecule has 0 amide bonds. The van der Waals surface area contributed by atoms with E-state index in [4.69, 9.17) is 16.3 Å². The average molecular weight is 311 g/mol. The van der Waals surface area contributed by atoms with E-state index in [0.717, 1.165) is 30.8 Å². The van der Waals surface area contributed by atoms with Gasteiger partial charge in [0.25, 0.3) is 0 Å². The molecule has 4 heteroatoms. The van der Waals surface area contributed by atoms with Gasteiger partial charge in [-0.15, -0.1) is 6.58 Å². The van der Waals surface area contributed by atoms with E-state index >= 15 is 0 Å². The summed E-state index contributed by atoms with van der Waals surface area (Å²) >= 11 is 6.24. The lowest BCUT2D eigenvalue weighted by atomic mass is 10.1. The van der Waals surface area contributed by atoms with Gasteiger partial charge in [0.15, 0.2) is 0 Å². The van der Waals surface area contributed by atoms with Gasteiger partial charge < -0.3 is 14.5 Å². The molecular weight excluding hydrogens is 284 g/mol. The van der Waals surface area contributed by atoms with Crippen LogP contribution in [-0.4, -0.2) is 46.4 Å². The van der Waals surface area contributed by atoms with E-state index in [9.17, 15) is 0 Å². The third-order valence-electron chi connectivity index (χ3n) is 4.14. The van der Waals surface area contributed by atoms with Crippen molar-refractivity contribution in [2.75, 3.05) is 46.4 Å². The van der Waals surface area contributed by atoms with E-state index in [1.807, 2.05) is 18.2 Å². The third-order valence-corrected chi connectivity index (χ3v) is 4.44. The third kappa shape index (κ3) is 5.03. The Morgan fingerprint density at radius 3 is 2.76 bits per heavy atom. The molecule has 1 aromatic rings. The van der Waals surface area contributed by atoms with Gasteiger partial charge in [-0.1, -0.05) is 29.8 Å². The molecule has 116 valence electrons. The molecule has 1 heterocycles. The molecule has 0 aliphatic carbocycles. The zero-order valence-corrected chi connectivity index (χ0v) is 13.7. The number of piperazine rings is 1. The Kier molecular flexibility index (Phi) is 6.55. The van der Waals surface area contributed by atoms with Crippen LogP contribution in [0.3, 0.4) is 0 Å². The van der Waals surface area contributed by atoms with Crippen LogP contribution in [0, 0.1) is 0 Å². The molecule has 0 spiro atoms. The molecule has 0 aromatic heterocycles. The van der Waals surface area contributed by atoms with Crippen molar-refractivity contribution >= 4 is 11.6 Å². The molecule has 1 aliphatic heterocycles. The lowest BCUT2D eigenvalue weighted by Gasteiger charge is -2.27. The van der Waals surface area contributed by atoms with Crippen molar-refractivity contribution in [2.24, 2.45) is 0 Å². The fourth-order valence-corrected chi connectivity index (χ4v) is 3.06. The summed E-state index contributed by atoms with van der Waals surface area (Å²) in [6, 6.07) is 5.90. The van der Waals surface area contributed by atoms with E-state index in [-0.39, 0.29) is 0 Å². The summed E-state index contributed by atoms with van der Waals surface area (Å²) in [4.78, 5) is 3.36. The second kappa shape index (κ2) is 8.42. The highest BCUT2D eigenvalue weighted by Gasteiger charge is 2.19. The fourth-order valence-electron chi connectivity index (χ4n) is 2.81. The number of halogens is 1. The average Bonchev–Trinajstić information content (AvgIpc) is 2.48. The molecule has 1 saturated heterocycles. The summed E-state index contributed by atoms with van der Waals surface area (Å²) < 4.78 is 5.93. The monoisotopic (exact) mass is 310 g/mol. The number of likely N-dealkylation sites (N-methyl/N-ethyl adjacent to an activating group) is 1. The number of quaternary nitrogens is 2. The Balaban J connectivity index is 1.77. The predicted molar refractivity (Wildman–Crippen MR) is 87.6 cm³/mol. The fraction of sp³-hybridized carbons (Fsp3) is 0.529. The van der Waals surface area contributed by atoms with E-state index in [1.165, 1.54) is 32.7 Å². The Bertz CT molecular complexity index is 456. The second-order valence-corrected chi connectivity index (χ2v) is 6.29. The van der Waals surface area contributed by atoms with Crippen molar-refractivity contribution in [3.8, 4) is 5.75 Å². The van der Waals surface area contributed by atoms with Gasteiger partial charge in [-0.05, 0) is 18.1 Å². The Morgan fingerprint density at radius 1 is 1.29 bits per heavy atom. The minimum atomic E-state index is 0.699. The Morgan fingerprint density at radius 2 is 2.05 bits per heavy atom. The second-order valence-electron chi connectivity index (χ2n) is 5.88. The van der Waals surface area contributed by atoms with Crippen LogP contribution < -0.4 is 14.5 Å². The summed E-state index contributed by atoms with van der Waals surface area (Å²) in [6.07, 6.45) is 3.75. The van der Waals surface area contributed by atoms with Crippen molar-refractivity contribution in [1.29, 1.82) is 0 Å². The standard InChI is InChI=1S/C17H25ClN2O/c1-3-6-15-7-4-8-16(18)17(15)21-14-5-9-20-12-10-19(2)11-13-20/h3-4,7-8H,1,5-6,9-14H2,2H3/p+2. The van der Waals surface area contributed by atoms with Gasteiger partial charge in [-0.25, -0.2) is 0 Å². The van der Waals surface area contributed by atoms with Crippen molar-refractivity contribution < 1.29 is 14.5 Å². The van der Waals surface area contributed by atoms with Gasteiger partial charge >= 0.3 is 0 Å². The highest BCUT2D eigenvalue weighted by atomic mass is 35.5. The van der Waals surface area contributed by atoms with Crippen LogP contribution in [0.4, 0.5) is 0 Å². The van der Waals surface area contributed by atoms with Crippen molar-refractivity contribution in [3.63, 3.8) is 0 Å². The van der Waals surface area contributed by atoms with E-state index < -0.39 is 0 Å². The largest absolute Gasteiger partial charge is 0.491 e. The molecule has 0 atom stereocenters. The summed E-state index contributed by atoms with van der Waals surface area (Å²) in [7, 11) is 2.28. The lowest BCUT2D eigenvalue weighted by Crippen LogP contribution is -3.27. The first-order valence-electron chi connectivity index (χ1n) is 7.86. The molecule has 3 nitrogen and oxygen atoms in total. The first-order chi connectivity index (χ1) is 10.2. The molecule has 0 saturated carbocycles. The molecule has 2 rings (SSSR count). The highest BCUT2D eigenvalue weighted by Crippen LogP contribution is 2.29. The van der Waals surface area contributed by atoms with Gasteiger partial charge in [0, 0.05) is 6.42 Å². The first-order valence-corrected chi connectivity index (χ1v) is 8.24. The number of rotatable bonds is 7. The predicted octanol–water partition coefficient (Wildman–Crippen LogP) is 0.251. The summed E-state index contributed by atoms with van der Waals surface area (Å²) in [5, 5.41) is 0.699. The van der Waals surface area contributed by atoms with Crippen molar-refractivity contribution in [1.82, 2.24) is 0 Å². The quantitative estimate of drug-likeness (QED) is 0.546. The number of hydrogen-bond donors (Lipinski definition) is 2. The van der Waals surface area contributed by atoms with E-state index in [0.29, 0.717) is 5.02 Å². The van der Waals surface area contributed by atoms with E-state index in [2.05, 4.69) is 19.7 Å². The van der Waals surface area contributed by atoms with Crippen LogP contribution in [0.2, 0.25) is 5.02 Å². The van der Waals surface area contributed by atoms with Crippen LogP contribution in [0.15, 0.2) is 30.9 Å². The smallest absolute Gasteiger partial charge is 0.141 e. The van der Waals surface area contributed by atoms with Gasteiger partial charge in [0.2, 0.25) is 0 Å². The summed E-state index contributed by atoms with van der Waals surface area (Å²) in [5.74, 6) is 0.830. The molecule has 1 fully saturated rings. The molecule has 0 radical (unpaired) electrons. The number of nitrogens with one attached hydrogen (secondary N) is 2. The van der Waals surface area contributed by atoms with Crippen LogP contribution >= 0.6 is 11.6 Å². The van der Waals surface area contributed by atoms with Crippen LogP contribution in [0.5, 0.6) is 5.75 Å². The van der Waals surface area contributed by atoms with Crippen LogP contribution in [-0.2, 0) is 6.42 Å². The summed E-state index contributed by atoms with van der Waals surface area (Å²) in [6.45, 7) is 10.8. The minimum absolute atomic E-state index is 0.699. The van der Waals surface area contributed by atoms with Gasteiger partial charge in [-0.2, -0.15) is 0 Å². The number of para-hydroxylation sites is 1. The Labute approximate surface area is 133 Å². The SMILES string of the molecule is C=CCc1cccc(Cl)c1OCCC[NH+]1CC[NH+](C)CC1. The topological polar surface area (TPSA) is 18.1 Å². The van der Waals surface area contributed by atoms with Gasteiger partial charge in [-0.3, -0.25) is 0 Å². The molecular formula is C17H27ClN2O+2.